The minimum atomic E-state index is -1.01. The number of likely N-dealkylation sites (tertiary alicyclic amines) is 1. The third kappa shape index (κ3) is 2.14. The van der Waals surface area contributed by atoms with Gasteiger partial charge in [-0.1, -0.05) is 24.3 Å². The van der Waals surface area contributed by atoms with E-state index in [1.165, 1.54) is 18.4 Å². The summed E-state index contributed by atoms with van der Waals surface area (Å²) in [4.78, 5) is 2.54. The summed E-state index contributed by atoms with van der Waals surface area (Å²) in [7, 11) is 0. The van der Waals surface area contributed by atoms with E-state index in [0.717, 1.165) is 59.6 Å². The number of ether oxygens (including phenoxy) is 1. The molecule has 2 aromatic carbocycles. The maximum Gasteiger partial charge on any atom is 0.166 e. The molecule has 34 heavy (non-hydrogen) atoms. The van der Waals surface area contributed by atoms with Crippen molar-refractivity contribution in [2.45, 2.75) is 61.8 Å². The van der Waals surface area contributed by atoms with Crippen LogP contribution in [0.25, 0.3) is 10.9 Å². The first-order valence-electron chi connectivity index (χ1n) is 12.7. The molecule has 2 aliphatic heterocycles. The van der Waals surface area contributed by atoms with Gasteiger partial charge in [-0.05, 0) is 61.4 Å². The van der Waals surface area contributed by atoms with E-state index in [0.29, 0.717) is 12.2 Å². The van der Waals surface area contributed by atoms with Crippen molar-refractivity contribution in [3.63, 3.8) is 0 Å². The van der Waals surface area contributed by atoms with Gasteiger partial charge in [0.15, 0.2) is 17.6 Å². The number of phenolic OH excluding ortho intramolecular Hbond substituents is 1. The van der Waals surface area contributed by atoms with Crippen molar-refractivity contribution >= 4 is 10.9 Å². The van der Waals surface area contributed by atoms with Gasteiger partial charge >= 0.3 is 0 Å². The third-order valence-electron chi connectivity index (χ3n) is 9.64. The molecule has 1 saturated carbocycles. The highest BCUT2D eigenvalue weighted by molar-refractivity contribution is 5.87. The van der Waals surface area contributed by atoms with Crippen molar-refractivity contribution in [3.8, 4) is 11.5 Å². The Kier molecular flexibility index (Phi) is 3.68. The topological polar surface area (TPSA) is 57.9 Å². The predicted molar refractivity (Wildman–Crippen MR) is 126 cm³/mol. The van der Waals surface area contributed by atoms with E-state index < -0.39 is 23.8 Å². The number of benzene rings is 2. The minimum absolute atomic E-state index is 0.00683. The highest BCUT2D eigenvalue weighted by atomic mass is 19.1. The van der Waals surface area contributed by atoms with Gasteiger partial charge in [0.05, 0.1) is 23.3 Å². The summed E-state index contributed by atoms with van der Waals surface area (Å²) in [5.41, 5.74) is 3.62. The van der Waals surface area contributed by atoms with Crippen LogP contribution in [0.5, 0.6) is 11.5 Å². The predicted octanol–water partition coefficient (Wildman–Crippen LogP) is 4.02. The number of para-hydroxylation sites is 1. The molecule has 2 bridgehead atoms. The zero-order chi connectivity index (χ0) is 22.8. The number of aryl methyl sites for hydroxylation is 1. The first kappa shape index (κ1) is 19.7. The molecule has 176 valence electrons. The fourth-order valence-corrected chi connectivity index (χ4v) is 8.13. The Morgan fingerprint density at radius 3 is 2.82 bits per heavy atom. The Bertz CT molecular complexity index is 1360. The van der Waals surface area contributed by atoms with Crippen molar-refractivity contribution in [1.29, 1.82) is 0 Å². The average Bonchev–Trinajstić information content (AvgIpc) is 3.51. The van der Waals surface area contributed by atoms with Crippen LogP contribution in [0.1, 0.15) is 47.8 Å². The Morgan fingerprint density at radius 1 is 1.15 bits per heavy atom. The summed E-state index contributed by atoms with van der Waals surface area (Å²) >= 11 is 0. The molecule has 1 saturated heterocycles. The third-order valence-corrected chi connectivity index (χ3v) is 9.64. The van der Waals surface area contributed by atoms with E-state index in [-0.39, 0.29) is 18.3 Å². The summed E-state index contributed by atoms with van der Waals surface area (Å²) in [6.07, 6.45) is 4.21. The minimum Gasteiger partial charge on any atom is -0.504 e. The lowest BCUT2D eigenvalue weighted by atomic mass is 9.49. The van der Waals surface area contributed by atoms with Crippen LogP contribution in [0.4, 0.5) is 4.39 Å². The second-order valence-corrected chi connectivity index (χ2v) is 11.1. The summed E-state index contributed by atoms with van der Waals surface area (Å²) in [6.45, 7) is 1.76. The summed E-state index contributed by atoms with van der Waals surface area (Å²) in [5.74, 6) is 1.41. The van der Waals surface area contributed by atoms with Gasteiger partial charge in [0.2, 0.25) is 0 Å². The number of phenols is 1. The van der Waals surface area contributed by atoms with E-state index in [1.54, 1.807) is 6.07 Å². The van der Waals surface area contributed by atoms with Crippen LogP contribution in [0.15, 0.2) is 36.4 Å². The van der Waals surface area contributed by atoms with E-state index in [4.69, 9.17) is 4.74 Å². The standard InChI is InChI=1S/C28H29FN2O3/c29-10-12-31-20-4-2-1-3-18(20)19-14-28(33)22-13-17-7-8-21(32)25-23(17)27(28,26(34-25)24(19)31)9-11-30(22)15-16-5-6-16/h1-4,7-8,16,22,26,32-33H,5-6,9-15H2/t22-,26+,27+,28-/m1/s1. The largest absolute Gasteiger partial charge is 0.504 e. The fourth-order valence-electron chi connectivity index (χ4n) is 8.13. The van der Waals surface area contributed by atoms with Gasteiger partial charge in [-0.2, -0.15) is 0 Å². The number of nitrogens with zero attached hydrogens (tertiary/aromatic N) is 2. The zero-order valence-corrected chi connectivity index (χ0v) is 19.1. The van der Waals surface area contributed by atoms with Gasteiger partial charge < -0.3 is 19.5 Å². The Balaban J connectivity index is 1.43. The molecule has 3 aromatic rings. The average molecular weight is 461 g/mol. The normalized spacial score (nSPS) is 33.0. The number of alkyl halides is 1. The number of rotatable bonds is 4. The first-order valence-corrected chi connectivity index (χ1v) is 12.7. The SMILES string of the molecule is Oc1ccc2c3c1O[C@H]1c4c(c5ccccc5n4CCF)C[C@@]4(O)[C@@H](C2)N(CC2CC2)CC[C@]314. The highest BCUT2D eigenvalue weighted by Crippen LogP contribution is 2.69. The van der Waals surface area contributed by atoms with Crippen LogP contribution in [0.2, 0.25) is 0 Å². The van der Waals surface area contributed by atoms with E-state index in [1.807, 2.05) is 24.3 Å². The number of aromatic hydroxyl groups is 1. The first-order chi connectivity index (χ1) is 16.6. The van der Waals surface area contributed by atoms with Gasteiger partial charge in [0.1, 0.15) is 6.67 Å². The van der Waals surface area contributed by atoms with E-state index >= 15 is 0 Å². The number of aliphatic hydroxyl groups is 1. The molecule has 0 unspecified atom stereocenters. The van der Waals surface area contributed by atoms with Crippen LogP contribution in [-0.4, -0.2) is 51.1 Å². The molecule has 5 aliphatic rings. The van der Waals surface area contributed by atoms with Gasteiger partial charge in [-0.3, -0.25) is 4.90 Å². The molecule has 4 atom stereocenters. The Labute approximate surface area is 197 Å². The van der Waals surface area contributed by atoms with Crippen molar-refractivity contribution in [1.82, 2.24) is 9.47 Å². The molecule has 0 amide bonds. The highest BCUT2D eigenvalue weighted by Gasteiger charge is 2.73. The number of hydrogen-bond donors (Lipinski definition) is 2. The number of aromatic nitrogens is 1. The van der Waals surface area contributed by atoms with Crippen LogP contribution < -0.4 is 4.74 Å². The summed E-state index contributed by atoms with van der Waals surface area (Å²) in [5, 5.41) is 24.8. The molecular formula is C28H29FN2O3. The second-order valence-electron chi connectivity index (χ2n) is 11.1. The maximum atomic E-state index is 13.8. The smallest absolute Gasteiger partial charge is 0.166 e. The molecular weight excluding hydrogens is 431 g/mol. The maximum absolute atomic E-state index is 13.8. The molecule has 3 aliphatic carbocycles. The molecule has 8 rings (SSSR count). The molecule has 0 radical (unpaired) electrons. The molecule has 1 spiro atoms. The van der Waals surface area contributed by atoms with Crippen LogP contribution >= 0.6 is 0 Å². The van der Waals surface area contributed by atoms with Crippen molar-refractivity contribution in [3.05, 3.63) is 58.8 Å². The van der Waals surface area contributed by atoms with Gasteiger partial charge in [-0.15, -0.1) is 0 Å². The lowest BCUT2D eigenvalue weighted by Crippen LogP contribution is -2.74. The summed E-state index contributed by atoms with van der Waals surface area (Å²) < 4.78 is 22.6. The van der Waals surface area contributed by atoms with Crippen LogP contribution in [0.3, 0.4) is 0 Å². The quantitative estimate of drug-likeness (QED) is 0.618. The molecule has 2 fully saturated rings. The van der Waals surface area contributed by atoms with Crippen molar-refractivity contribution in [2.24, 2.45) is 5.92 Å². The Morgan fingerprint density at radius 2 is 2.00 bits per heavy atom. The fraction of sp³-hybridized carbons (Fsp3) is 0.500. The number of hydrogen-bond acceptors (Lipinski definition) is 4. The lowest BCUT2D eigenvalue weighted by Gasteiger charge is -2.63. The molecule has 1 aromatic heterocycles. The van der Waals surface area contributed by atoms with Gasteiger partial charge in [0, 0.05) is 35.5 Å². The number of piperidine rings is 1. The number of halogens is 1. The Hall–Kier alpha value is -2.57. The van der Waals surface area contributed by atoms with E-state index in [9.17, 15) is 14.6 Å². The molecule has 3 heterocycles. The van der Waals surface area contributed by atoms with Crippen LogP contribution in [-0.2, 0) is 24.8 Å². The van der Waals surface area contributed by atoms with Crippen LogP contribution in [0, 0.1) is 5.92 Å². The molecule has 2 N–H and O–H groups in total. The van der Waals surface area contributed by atoms with Crippen molar-refractivity contribution in [2.75, 3.05) is 19.8 Å². The van der Waals surface area contributed by atoms with Gasteiger partial charge in [0.25, 0.3) is 0 Å². The van der Waals surface area contributed by atoms with Crippen molar-refractivity contribution < 1.29 is 19.3 Å². The zero-order valence-electron chi connectivity index (χ0n) is 19.1. The second kappa shape index (κ2) is 6.35. The molecule has 6 heteroatoms. The lowest BCUT2D eigenvalue weighted by molar-refractivity contribution is -0.173. The monoisotopic (exact) mass is 460 g/mol. The molecule has 5 nitrogen and oxygen atoms in total. The summed E-state index contributed by atoms with van der Waals surface area (Å²) in [6, 6.07) is 11.9. The number of fused-ring (bicyclic) bond motifs is 4. The van der Waals surface area contributed by atoms with Gasteiger partial charge in [-0.25, -0.2) is 4.39 Å². The van der Waals surface area contributed by atoms with E-state index in [2.05, 4.69) is 15.5 Å².